The maximum absolute atomic E-state index is 12.9. The van der Waals surface area contributed by atoms with Crippen LogP contribution in [0.15, 0.2) is 59.4 Å². The second kappa shape index (κ2) is 14.6. The predicted molar refractivity (Wildman–Crippen MR) is 159 cm³/mol. The number of hydrogen-bond acceptors (Lipinski definition) is 9. The van der Waals surface area contributed by atoms with Crippen LogP contribution in [0.25, 0.3) is 11.8 Å². The van der Waals surface area contributed by atoms with Gasteiger partial charge in [-0.15, -0.1) is 11.3 Å². The number of nitrogens with zero attached hydrogens (tertiary/aromatic N) is 5. The zero-order valence-corrected chi connectivity index (χ0v) is 24.0. The lowest BCUT2D eigenvalue weighted by atomic mass is 10.2. The number of nitriles is 2. The molecule has 0 atom stereocenters. The Labute approximate surface area is 247 Å². The molecule has 42 heavy (non-hydrogen) atoms. The second-order valence-corrected chi connectivity index (χ2v) is 10.4. The van der Waals surface area contributed by atoms with Gasteiger partial charge in [-0.1, -0.05) is 36.4 Å². The summed E-state index contributed by atoms with van der Waals surface area (Å²) >= 11 is 1.00. The Kier molecular flexibility index (Phi) is 10.5. The summed E-state index contributed by atoms with van der Waals surface area (Å²) in [5.74, 6) is -0.291. The third-order valence-corrected chi connectivity index (χ3v) is 7.78. The number of nitrogens with one attached hydrogen (secondary N) is 2. The topological polar surface area (TPSA) is 143 Å². The van der Waals surface area contributed by atoms with Gasteiger partial charge in [0.2, 0.25) is 0 Å². The number of carbonyl (C=O) groups excluding carboxylic acids is 2. The number of rotatable bonds is 10. The van der Waals surface area contributed by atoms with E-state index in [2.05, 4.69) is 27.7 Å². The Bertz CT molecular complexity index is 1680. The third kappa shape index (κ3) is 7.63. The van der Waals surface area contributed by atoms with Gasteiger partial charge in [-0.3, -0.25) is 23.9 Å². The lowest BCUT2D eigenvalue weighted by Gasteiger charge is -2.34. The van der Waals surface area contributed by atoms with Crippen LogP contribution in [0.2, 0.25) is 0 Å². The quantitative estimate of drug-likeness (QED) is 0.333. The molecule has 0 radical (unpaired) electrons. The highest BCUT2D eigenvalue weighted by Gasteiger charge is 2.21. The van der Waals surface area contributed by atoms with Crippen molar-refractivity contribution in [2.24, 2.45) is 0 Å². The van der Waals surface area contributed by atoms with E-state index in [0.717, 1.165) is 31.0 Å². The van der Waals surface area contributed by atoms with Crippen LogP contribution in [0.4, 0.5) is 5.69 Å². The van der Waals surface area contributed by atoms with Gasteiger partial charge in [-0.05, 0) is 24.6 Å². The molecule has 1 aromatic heterocycles. The lowest BCUT2D eigenvalue weighted by molar-refractivity contribution is -0.135. The number of piperazine rings is 1. The van der Waals surface area contributed by atoms with E-state index in [4.69, 9.17) is 10.00 Å². The third-order valence-electron chi connectivity index (χ3n) is 6.64. The molecule has 3 aromatic rings. The molecule has 216 valence electrons. The molecule has 1 aliphatic heterocycles. The highest BCUT2D eigenvalue weighted by atomic mass is 32.1. The standard InChI is InChI=1S/C30H31N7O4S/c1-2-37-29(40)26(42-30(37)25(18-32)28(39)33-12-11-31)19-34-23-9-6-10-24(17-23)41-21-27(38)36-15-13-35(14-16-36)20-22-7-4-3-5-8-22/h3-10,17,19,34H,2,12-16,20-21H2,1H3,(H,33,39). The van der Waals surface area contributed by atoms with Crippen molar-refractivity contribution < 1.29 is 14.3 Å². The number of thiazole rings is 1. The average Bonchev–Trinajstić information content (AvgIpc) is 3.33. The largest absolute Gasteiger partial charge is 0.484 e. The van der Waals surface area contributed by atoms with Crippen LogP contribution in [0.5, 0.6) is 5.75 Å². The van der Waals surface area contributed by atoms with Crippen LogP contribution in [-0.2, 0) is 22.7 Å². The van der Waals surface area contributed by atoms with Gasteiger partial charge >= 0.3 is 0 Å². The Morgan fingerprint density at radius 1 is 1.07 bits per heavy atom. The maximum atomic E-state index is 12.9. The molecule has 1 aliphatic rings. The number of anilines is 1. The van der Waals surface area contributed by atoms with Crippen molar-refractivity contribution in [3.8, 4) is 17.9 Å². The van der Waals surface area contributed by atoms with Gasteiger partial charge in [0.1, 0.15) is 27.6 Å². The first-order chi connectivity index (χ1) is 20.4. The molecule has 2 heterocycles. The van der Waals surface area contributed by atoms with Crippen LogP contribution in [0, 0.1) is 22.7 Å². The molecule has 0 bridgehead atoms. The first-order valence-electron chi connectivity index (χ1n) is 13.5. The van der Waals surface area contributed by atoms with E-state index in [1.165, 1.54) is 16.3 Å². The first-order valence-corrected chi connectivity index (χ1v) is 14.3. The Morgan fingerprint density at radius 2 is 1.83 bits per heavy atom. The van der Waals surface area contributed by atoms with Crippen molar-refractivity contribution >= 4 is 40.6 Å². The fourth-order valence-electron chi connectivity index (χ4n) is 4.45. The minimum Gasteiger partial charge on any atom is -0.484 e. The van der Waals surface area contributed by atoms with Gasteiger partial charge < -0.3 is 20.3 Å². The summed E-state index contributed by atoms with van der Waals surface area (Å²) in [5.41, 5.74) is 1.30. The normalized spacial score (nSPS) is 14.5. The molecule has 4 rings (SSSR count). The van der Waals surface area contributed by atoms with Crippen molar-refractivity contribution in [2.75, 3.05) is 44.6 Å². The van der Waals surface area contributed by atoms with Crippen LogP contribution in [0.3, 0.4) is 0 Å². The molecule has 0 saturated carbocycles. The summed E-state index contributed by atoms with van der Waals surface area (Å²) in [6, 6.07) is 20.9. The predicted octanol–water partition coefficient (Wildman–Crippen LogP) is 0.817. The fourth-order valence-corrected chi connectivity index (χ4v) is 5.54. The zero-order valence-electron chi connectivity index (χ0n) is 23.2. The number of ether oxygens (including phenoxy) is 1. The van der Waals surface area contributed by atoms with Crippen molar-refractivity contribution in [2.45, 2.75) is 20.0 Å². The monoisotopic (exact) mass is 585 g/mol. The van der Waals surface area contributed by atoms with Gasteiger partial charge in [-0.25, -0.2) is 0 Å². The summed E-state index contributed by atoms with van der Waals surface area (Å²) in [4.78, 5) is 42.2. The minimum atomic E-state index is -0.713. The highest BCUT2D eigenvalue weighted by molar-refractivity contribution is 7.07. The second-order valence-electron chi connectivity index (χ2n) is 9.40. The van der Waals surface area contributed by atoms with Gasteiger partial charge in [0.25, 0.3) is 17.4 Å². The van der Waals surface area contributed by atoms with Crippen molar-refractivity contribution in [3.63, 3.8) is 0 Å². The van der Waals surface area contributed by atoms with E-state index in [0.29, 0.717) is 29.1 Å². The van der Waals surface area contributed by atoms with Crippen LogP contribution in [0.1, 0.15) is 12.5 Å². The highest BCUT2D eigenvalue weighted by Crippen LogP contribution is 2.18. The molecule has 0 aliphatic carbocycles. The molecule has 2 amide bonds. The summed E-state index contributed by atoms with van der Waals surface area (Å²) in [5, 5.41) is 23.6. The average molecular weight is 586 g/mol. The Balaban J connectivity index is 1.37. The summed E-state index contributed by atoms with van der Waals surface area (Å²) in [6.07, 6.45) is 1.50. The molecule has 1 saturated heterocycles. The van der Waals surface area contributed by atoms with Crippen LogP contribution >= 0.6 is 11.3 Å². The molecule has 11 nitrogen and oxygen atoms in total. The van der Waals surface area contributed by atoms with Crippen LogP contribution < -0.4 is 30.1 Å². The summed E-state index contributed by atoms with van der Waals surface area (Å²) < 4.78 is 7.62. The van der Waals surface area contributed by atoms with E-state index in [9.17, 15) is 19.6 Å². The van der Waals surface area contributed by atoms with E-state index >= 15 is 0 Å². The summed E-state index contributed by atoms with van der Waals surface area (Å²) in [6.45, 7) is 5.44. The maximum Gasteiger partial charge on any atom is 0.270 e. The number of carbonyl (C=O) groups is 2. The number of aromatic nitrogens is 1. The van der Waals surface area contributed by atoms with E-state index in [-0.39, 0.29) is 41.4 Å². The van der Waals surface area contributed by atoms with Crippen molar-refractivity contribution in [3.05, 3.63) is 79.7 Å². The van der Waals surface area contributed by atoms with E-state index in [1.54, 1.807) is 37.3 Å². The lowest BCUT2D eigenvalue weighted by Crippen LogP contribution is -2.49. The zero-order chi connectivity index (χ0) is 29.9. The smallest absolute Gasteiger partial charge is 0.270 e. The summed E-state index contributed by atoms with van der Waals surface area (Å²) in [7, 11) is 0. The minimum absolute atomic E-state index is 0.0751. The van der Waals surface area contributed by atoms with Gasteiger partial charge in [0.15, 0.2) is 12.2 Å². The molecule has 12 heteroatoms. The molecule has 0 spiro atoms. The molecule has 1 fully saturated rings. The van der Waals surface area contributed by atoms with E-state index < -0.39 is 5.91 Å². The molecule has 0 unspecified atom stereocenters. The number of hydrogen-bond donors (Lipinski definition) is 2. The number of amides is 2. The Morgan fingerprint density at radius 3 is 2.52 bits per heavy atom. The van der Waals surface area contributed by atoms with E-state index in [1.807, 2.05) is 29.2 Å². The molecule has 2 N–H and O–H groups in total. The molecular formula is C30H31N7O4S. The molecular weight excluding hydrogens is 554 g/mol. The first kappa shape index (κ1) is 30.1. The molecule has 2 aromatic carbocycles. The van der Waals surface area contributed by atoms with Gasteiger partial charge in [-0.2, -0.15) is 10.5 Å². The SMILES string of the molecule is CCn1c(=C(C#N)C(=O)NCC#N)sc(=CNc2cccc(OCC(=O)N3CCN(Cc4ccccc4)CC3)c2)c1=O. The van der Waals surface area contributed by atoms with Gasteiger partial charge in [0, 0.05) is 57.2 Å². The number of benzene rings is 2. The van der Waals surface area contributed by atoms with Crippen LogP contribution in [-0.4, -0.2) is 65.5 Å². The van der Waals surface area contributed by atoms with Crippen molar-refractivity contribution in [1.82, 2.24) is 19.7 Å². The van der Waals surface area contributed by atoms with Gasteiger partial charge in [0.05, 0.1) is 6.07 Å². The van der Waals surface area contributed by atoms with Crippen molar-refractivity contribution in [1.29, 1.82) is 10.5 Å². The Hall–Kier alpha value is -4.91. The fraction of sp³-hybridized carbons (Fsp3) is 0.300.